The first-order valence-corrected chi connectivity index (χ1v) is 8.22. The third-order valence-corrected chi connectivity index (χ3v) is 4.61. The molecule has 1 aromatic rings. The van der Waals surface area contributed by atoms with Gasteiger partial charge in [0.1, 0.15) is 0 Å². The Morgan fingerprint density at radius 1 is 1.53 bits per heavy atom. The summed E-state index contributed by atoms with van der Waals surface area (Å²) >= 11 is 1.69. The Morgan fingerprint density at radius 2 is 2.42 bits per heavy atom. The first-order valence-electron chi connectivity index (χ1n) is 7.27. The fraction of sp³-hybridized carbons (Fsp3) is 0.667. The SMILES string of the molecule is C[C@@H]1CCCCN1CCNC(=O)CCc1ccsc1. The van der Waals surface area contributed by atoms with Crippen LogP contribution in [0.15, 0.2) is 16.8 Å². The molecular weight excluding hydrogens is 256 g/mol. The highest BCUT2D eigenvalue weighted by atomic mass is 32.1. The standard InChI is InChI=1S/C15H24N2OS/c1-13-4-2-3-9-17(13)10-8-16-15(18)6-5-14-7-11-19-12-14/h7,11-13H,2-6,8-10H2,1H3,(H,16,18)/t13-/m1/s1. The van der Waals surface area contributed by atoms with Crippen molar-refractivity contribution in [1.82, 2.24) is 10.2 Å². The molecule has 1 aliphatic rings. The Morgan fingerprint density at radius 3 is 3.16 bits per heavy atom. The van der Waals surface area contributed by atoms with E-state index in [1.165, 1.54) is 31.4 Å². The van der Waals surface area contributed by atoms with Gasteiger partial charge in [0.25, 0.3) is 0 Å². The number of amides is 1. The summed E-state index contributed by atoms with van der Waals surface area (Å²) in [7, 11) is 0. The van der Waals surface area contributed by atoms with Gasteiger partial charge < -0.3 is 5.32 Å². The largest absolute Gasteiger partial charge is 0.355 e. The van der Waals surface area contributed by atoms with E-state index in [0.717, 1.165) is 19.5 Å². The van der Waals surface area contributed by atoms with Crippen LogP contribution in [-0.2, 0) is 11.2 Å². The Labute approximate surface area is 120 Å². The van der Waals surface area contributed by atoms with Crippen LogP contribution < -0.4 is 5.32 Å². The summed E-state index contributed by atoms with van der Waals surface area (Å²) in [5.41, 5.74) is 1.27. The number of rotatable bonds is 6. The predicted octanol–water partition coefficient (Wildman–Crippen LogP) is 2.67. The van der Waals surface area contributed by atoms with Gasteiger partial charge in [-0.2, -0.15) is 11.3 Å². The molecule has 0 saturated carbocycles. The zero-order chi connectivity index (χ0) is 13.5. The van der Waals surface area contributed by atoms with E-state index in [1.807, 2.05) is 0 Å². The van der Waals surface area contributed by atoms with Gasteiger partial charge in [0.2, 0.25) is 5.91 Å². The molecule has 1 N–H and O–H groups in total. The zero-order valence-electron chi connectivity index (χ0n) is 11.7. The summed E-state index contributed by atoms with van der Waals surface area (Å²) in [4.78, 5) is 14.2. The molecule has 3 nitrogen and oxygen atoms in total. The number of hydrogen-bond donors (Lipinski definition) is 1. The summed E-state index contributed by atoms with van der Waals surface area (Å²) in [5.74, 6) is 0.177. The van der Waals surface area contributed by atoms with Crippen LogP contribution in [0.1, 0.15) is 38.2 Å². The predicted molar refractivity (Wildman–Crippen MR) is 80.5 cm³/mol. The number of hydrogen-bond acceptors (Lipinski definition) is 3. The van der Waals surface area contributed by atoms with Crippen molar-refractivity contribution in [3.8, 4) is 0 Å². The van der Waals surface area contributed by atoms with Crippen LogP contribution in [0.25, 0.3) is 0 Å². The lowest BCUT2D eigenvalue weighted by atomic mass is 10.0. The van der Waals surface area contributed by atoms with Crippen LogP contribution >= 0.6 is 11.3 Å². The molecule has 2 rings (SSSR count). The van der Waals surface area contributed by atoms with Crippen molar-refractivity contribution in [2.75, 3.05) is 19.6 Å². The smallest absolute Gasteiger partial charge is 0.220 e. The van der Waals surface area contributed by atoms with Gasteiger partial charge in [0.15, 0.2) is 0 Å². The maximum Gasteiger partial charge on any atom is 0.220 e. The quantitative estimate of drug-likeness (QED) is 0.869. The fourth-order valence-electron chi connectivity index (χ4n) is 2.61. The Balaban J connectivity index is 1.58. The number of piperidine rings is 1. The highest BCUT2D eigenvalue weighted by Crippen LogP contribution is 2.15. The van der Waals surface area contributed by atoms with E-state index in [9.17, 15) is 4.79 Å². The van der Waals surface area contributed by atoms with Crippen LogP contribution in [0.4, 0.5) is 0 Å². The minimum Gasteiger partial charge on any atom is -0.355 e. The number of nitrogens with one attached hydrogen (secondary N) is 1. The van der Waals surface area contributed by atoms with Crippen molar-refractivity contribution >= 4 is 17.2 Å². The third kappa shape index (κ3) is 4.96. The van der Waals surface area contributed by atoms with Crippen molar-refractivity contribution in [3.05, 3.63) is 22.4 Å². The lowest BCUT2D eigenvalue weighted by Crippen LogP contribution is -2.42. The van der Waals surface area contributed by atoms with Gasteiger partial charge in [-0.25, -0.2) is 0 Å². The summed E-state index contributed by atoms with van der Waals surface area (Å²) in [6.07, 6.45) is 5.41. The molecule has 106 valence electrons. The molecule has 1 amide bonds. The molecule has 1 fully saturated rings. The topological polar surface area (TPSA) is 32.3 Å². The van der Waals surface area contributed by atoms with Gasteiger partial charge >= 0.3 is 0 Å². The molecule has 0 spiro atoms. The number of thiophene rings is 1. The second-order valence-corrected chi connectivity index (χ2v) is 6.14. The average molecular weight is 280 g/mol. The van der Waals surface area contributed by atoms with E-state index in [0.29, 0.717) is 12.5 Å². The molecule has 0 radical (unpaired) electrons. The Kier molecular flexibility index (Phi) is 5.86. The summed E-state index contributed by atoms with van der Waals surface area (Å²) in [6, 6.07) is 2.77. The molecular formula is C15H24N2OS. The summed E-state index contributed by atoms with van der Waals surface area (Å²) in [6.45, 7) is 5.25. The fourth-order valence-corrected chi connectivity index (χ4v) is 3.31. The van der Waals surface area contributed by atoms with Crippen LogP contribution in [0, 0.1) is 0 Å². The highest BCUT2D eigenvalue weighted by Gasteiger charge is 2.17. The maximum atomic E-state index is 11.7. The van der Waals surface area contributed by atoms with E-state index < -0.39 is 0 Å². The van der Waals surface area contributed by atoms with E-state index in [2.05, 4.69) is 34.0 Å². The molecule has 0 bridgehead atoms. The molecule has 1 saturated heterocycles. The molecule has 0 aromatic carbocycles. The van der Waals surface area contributed by atoms with Gasteiger partial charge in [-0.05, 0) is 55.1 Å². The lowest BCUT2D eigenvalue weighted by molar-refractivity contribution is -0.121. The number of aryl methyl sites for hydroxylation is 1. The average Bonchev–Trinajstić information content (AvgIpc) is 2.92. The number of carbonyl (C=O) groups excluding carboxylic acids is 1. The van der Waals surface area contributed by atoms with Gasteiger partial charge in [-0.15, -0.1) is 0 Å². The van der Waals surface area contributed by atoms with Crippen molar-refractivity contribution in [2.45, 2.75) is 45.1 Å². The van der Waals surface area contributed by atoms with Crippen LogP contribution in [0.5, 0.6) is 0 Å². The Bertz CT molecular complexity index is 378. The van der Waals surface area contributed by atoms with Gasteiger partial charge in [0, 0.05) is 25.6 Å². The summed E-state index contributed by atoms with van der Waals surface area (Å²) < 4.78 is 0. The van der Waals surface area contributed by atoms with Gasteiger partial charge in [-0.1, -0.05) is 6.42 Å². The van der Waals surface area contributed by atoms with Crippen molar-refractivity contribution in [1.29, 1.82) is 0 Å². The van der Waals surface area contributed by atoms with Crippen LogP contribution in [0.3, 0.4) is 0 Å². The molecule has 1 atom stereocenters. The monoisotopic (exact) mass is 280 g/mol. The second kappa shape index (κ2) is 7.65. The lowest BCUT2D eigenvalue weighted by Gasteiger charge is -2.33. The van der Waals surface area contributed by atoms with E-state index in [1.54, 1.807) is 11.3 Å². The molecule has 1 aliphatic heterocycles. The van der Waals surface area contributed by atoms with Crippen molar-refractivity contribution < 1.29 is 4.79 Å². The Hall–Kier alpha value is -0.870. The van der Waals surface area contributed by atoms with Crippen molar-refractivity contribution in [3.63, 3.8) is 0 Å². The molecule has 0 aliphatic carbocycles. The molecule has 0 unspecified atom stereocenters. The van der Waals surface area contributed by atoms with E-state index in [-0.39, 0.29) is 5.91 Å². The van der Waals surface area contributed by atoms with Crippen LogP contribution in [-0.4, -0.2) is 36.5 Å². The van der Waals surface area contributed by atoms with E-state index in [4.69, 9.17) is 0 Å². The maximum absolute atomic E-state index is 11.7. The first-order chi connectivity index (χ1) is 9.25. The first kappa shape index (κ1) is 14.5. The van der Waals surface area contributed by atoms with Crippen LogP contribution in [0.2, 0.25) is 0 Å². The zero-order valence-corrected chi connectivity index (χ0v) is 12.5. The summed E-state index contributed by atoms with van der Waals surface area (Å²) in [5, 5.41) is 7.21. The van der Waals surface area contributed by atoms with Crippen molar-refractivity contribution in [2.24, 2.45) is 0 Å². The van der Waals surface area contributed by atoms with Gasteiger partial charge in [0.05, 0.1) is 0 Å². The molecule has 2 heterocycles. The number of likely N-dealkylation sites (tertiary alicyclic amines) is 1. The number of carbonyl (C=O) groups is 1. The second-order valence-electron chi connectivity index (χ2n) is 5.36. The minimum absolute atomic E-state index is 0.177. The van der Waals surface area contributed by atoms with Gasteiger partial charge in [-0.3, -0.25) is 9.69 Å². The number of nitrogens with zero attached hydrogens (tertiary/aromatic N) is 1. The highest BCUT2D eigenvalue weighted by molar-refractivity contribution is 7.07. The molecule has 19 heavy (non-hydrogen) atoms. The molecule has 1 aromatic heterocycles. The normalized spacial score (nSPS) is 20.4. The molecule has 4 heteroatoms. The third-order valence-electron chi connectivity index (χ3n) is 3.88. The van der Waals surface area contributed by atoms with E-state index >= 15 is 0 Å². The minimum atomic E-state index is 0.177.